The highest BCUT2D eigenvalue weighted by Gasteiger charge is 2.07. The van der Waals surface area contributed by atoms with Crippen LogP contribution in [0.25, 0.3) is 0 Å². The molecule has 1 aromatic carbocycles. The Morgan fingerprint density at radius 2 is 2.41 bits per heavy atom. The van der Waals surface area contributed by atoms with Gasteiger partial charge in [-0.2, -0.15) is 0 Å². The lowest BCUT2D eigenvalue weighted by Gasteiger charge is -2.07. The lowest BCUT2D eigenvalue weighted by Crippen LogP contribution is -2.38. The van der Waals surface area contributed by atoms with E-state index in [1.165, 1.54) is 12.1 Å². The van der Waals surface area contributed by atoms with Crippen molar-refractivity contribution in [1.29, 1.82) is 0 Å². The first-order valence-electron chi connectivity index (χ1n) is 5.31. The Hall–Kier alpha value is -2.11. The standard InChI is InChI=1S/C11H13FN4O/c12-8-2-1-3-9(6-8)16-10(17)7-15-11-13-4-5-14-11/h1-3,6H,4-5,7H2,(H,16,17)(H2,13,14,15). The van der Waals surface area contributed by atoms with E-state index in [1.807, 2.05) is 0 Å². The van der Waals surface area contributed by atoms with Gasteiger partial charge < -0.3 is 16.0 Å². The Balaban J connectivity index is 1.80. The maximum absolute atomic E-state index is 12.9. The molecular weight excluding hydrogens is 223 g/mol. The molecule has 1 aliphatic rings. The van der Waals surface area contributed by atoms with Gasteiger partial charge in [0.25, 0.3) is 0 Å². The number of benzene rings is 1. The molecular formula is C11H13FN4O. The highest BCUT2D eigenvalue weighted by atomic mass is 19.1. The van der Waals surface area contributed by atoms with E-state index in [-0.39, 0.29) is 18.3 Å². The van der Waals surface area contributed by atoms with E-state index in [1.54, 1.807) is 12.1 Å². The number of halogens is 1. The van der Waals surface area contributed by atoms with Gasteiger partial charge in [-0.25, -0.2) is 4.39 Å². The fourth-order valence-corrected chi connectivity index (χ4v) is 1.45. The fourth-order valence-electron chi connectivity index (χ4n) is 1.45. The first-order chi connectivity index (χ1) is 8.24. The summed E-state index contributed by atoms with van der Waals surface area (Å²) in [5, 5.41) is 8.42. The van der Waals surface area contributed by atoms with Gasteiger partial charge in [0.1, 0.15) is 5.82 Å². The molecule has 0 saturated carbocycles. The summed E-state index contributed by atoms with van der Waals surface area (Å²) in [6.45, 7) is 1.60. The average Bonchev–Trinajstić information content (AvgIpc) is 2.79. The van der Waals surface area contributed by atoms with Gasteiger partial charge in [0.15, 0.2) is 5.96 Å². The lowest BCUT2D eigenvalue weighted by molar-refractivity contribution is -0.115. The van der Waals surface area contributed by atoms with Crippen molar-refractivity contribution < 1.29 is 9.18 Å². The van der Waals surface area contributed by atoms with Crippen LogP contribution in [0.3, 0.4) is 0 Å². The zero-order valence-corrected chi connectivity index (χ0v) is 9.16. The van der Waals surface area contributed by atoms with Gasteiger partial charge in [0, 0.05) is 12.2 Å². The van der Waals surface area contributed by atoms with Crippen molar-refractivity contribution in [1.82, 2.24) is 10.6 Å². The monoisotopic (exact) mass is 236 g/mol. The van der Waals surface area contributed by atoms with Crippen molar-refractivity contribution in [3.8, 4) is 0 Å². The number of rotatable bonds is 3. The normalized spacial score (nSPS) is 13.8. The van der Waals surface area contributed by atoms with Crippen LogP contribution in [0.2, 0.25) is 0 Å². The molecule has 0 bridgehead atoms. The Morgan fingerprint density at radius 3 is 3.12 bits per heavy atom. The van der Waals surface area contributed by atoms with Crippen molar-refractivity contribution in [2.45, 2.75) is 0 Å². The number of nitrogens with zero attached hydrogens (tertiary/aromatic N) is 1. The first kappa shape index (κ1) is 11.4. The topological polar surface area (TPSA) is 65.5 Å². The fraction of sp³-hybridized carbons (Fsp3) is 0.273. The Labute approximate surface area is 98.1 Å². The molecule has 90 valence electrons. The van der Waals surface area contributed by atoms with Crippen LogP contribution in [0.15, 0.2) is 29.3 Å². The minimum atomic E-state index is -0.377. The van der Waals surface area contributed by atoms with Crippen LogP contribution in [0.5, 0.6) is 0 Å². The summed E-state index contributed by atoms with van der Waals surface area (Å²) in [4.78, 5) is 15.6. The molecule has 5 nitrogen and oxygen atoms in total. The van der Waals surface area contributed by atoms with Crippen LogP contribution in [0.1, 0.15) is 0 Å². The molecule has 17 heavy (non-hydrogen) atoms. The quantitative estimate of drug-likeness (QED) is 0.707. The third-order valence-electron chi connectivity index (χ3n) is 2.20. The summed E-state index contributed by atoms with van der Waals surface area (Å²) in [5.74, 6) is 0.00369. The van der Waals surface area contributed by atoms with Crippen molar-refractivity contribution in [3.05, 3.63) is 30.1 Å². The third kappa shape index (κ3) is 3.44. The Bertz CT molecular complexity index is 447. The minimum Gasteiger partial charge on any atom is -0.355 e. The average molecular weight is 236 g/mol. The van der Waals surface area contributed by atoms with Crippen molar-refractivity contribution in [3.63, 3.8) is 0 Å². The number of anilines is 1. The van der Waals surface area contributed by atoms with Crippen molar-refractivity contribution >= 4 is 17.6 Å². The van der Waals surface area contributed by atoms with Gasteiger partial charge in [0.2, 0.25) is 5.91 Å². The number of nitrogens with one attached hydrogen (secondary N) is 3. The number of hydrogen-bond donors (Lipinski definition) is 3. The van der Waals surface area contributed by atoms with Crippen LogP contribution in [-0.4, -0.2) is 31.5 Å². The number of amides is 1. The molecule has 0 aliphatic carbocycles. The van der Waals surface area contributed by atoms with E-state index >= 15 is 0 Å². The van der Waals surface area contributed by atoms with Gasteiger partial charge in [0.05, 0.1) is 13.1 Å². The summed E-state index contributed by atoms with van der Waals surface area (Å²) < 4.78 is 12.9. The second kappa shape index (κ2) is 5.29. The van der Waals surface area contributed by atoms with Crippen LogP contribution in [0.4, 0.5) is 10.1 Å². The molecule has 0 unspecified atom stereocenters. The molecule has 0 aromatic heterocycles. The van der Waals surface area contributed by atoms with Gasteiger partial charge >= 0.3 is 0 Å². The maximum atomic E-state index is 12.9. The molecule has 0 radical (unpaired) electrons. The second-order valence-corrected chi connectivity index (χ2v) is 3.57. The van der Waals surface area contributed by atoms with E-state index in [0.29, 0.717) is 18.2 Å². The van der Waals surface area contributed by atoms with Crippen LogP contribution in [0, 0.1) is 5.82 Å². The molecule has 1 heterocycles. The highest BCUT2D eigenvalue weighted by Crippen LogP contribution is 2.08. The summed E-state index contributed by atoms with van der Waals surface area (Å²) in [6.07, 6.45) is 0. The molecule has 1 amide bonds. The van der Waals surface area contributed by atoms with Crippen molar-refractivity contribution in [2.24, 2.45) is 4.99 Å². The van der Waals surface area contributed by atoms with Crippen molar-refractivity contribution in [2.75, 3.05) is 25.0 Å². The smallest absolute Gasteiger partial charge is 0.243 e. The number of carbonyl (C=O) groups excluding carboxylic acids is 1. The Morgan fingerprint density at radius 1 is 1.53 bits per heavy atom. The predicted molar refractivity (Wildman–Crippen MR) is 63.3 cm³/mol. The highest BCUT2D eigenvalue weighted by molar-refractivity contribution is 5.95. The molecule has 0 atom stereocenters. The summed E-state index contributed by atoms with van der Waals surface area (Å²) in [7, 11) is 0. The van der Waals surface area contributed by atoms with Crippen LogP contribution in [-0.2, 0) is 4.79 Å². The maximum Gasteiger partial charge on any atom is 0.243 e. The van der Waals surface area contributed by atoms with E-state index < -0.39 is 0 Å². The number of aliphatic imine (C=N–C) groups is 1. The molecule has 1 aromatic rings. The molecule has 6 heteroatoms. The van der Waals surface area contributed by atoms with E-state index in [2.05, 4.69) is 20.9 Å². The van der Waals surface area contributed by atoms with Gasteiger partial charge in [-0.15, -0.1) is 0 Å². The SMILES string of the molecule is O=C(CNC1=NCCN1)Nc1cccc(F)c1. The molecule has 3 N–H and O–H groups in total. The van der Waals surface area contributed by atoms with Gasteiger partial charge in [-0.05, 0) is 18.2 Å². The van der Waals surface area contributed by atoms with Gasteiger partial charge in [-0.3, -0.25) is 9.79 Å². The predicted octanol–water partition coefficient (Wildman–Crippen LogP) is 0.313. The zero-order valence-electron chi connectivity index (χ0n) is 9.16. The van der Waals surface area contributed by atoms with Gasteiger partial charge in [-0.1, -0.05) is 6.07 Å². The number of carbonyl (C=O) groups is 1. The van der Waals surface area contributed by atoms with E-state index in [0.717, 1.165) is 6.54 Å². The lowest BCUT2D eigenvalue weighted by atomic mass is 10.3. The molecule has 1 aliphatic heterocycles. The number of hydrogen-bond acceptors (Lipinski definition) is 4. The molecule has 0 saturated heterocycles. The van der Waals surface area contributed by atoms with E-state index in [4.69, 9.17) is 0 Å². The third-order valence-corrected chi connectivity index (χ3v) is 2.20. The molecule has 0 fully saturated rings. The molecule has 2 rings (SSSR count). The zero-order chi connectivity index (χ0) is 12.1. The van der Waals surface area contributed by atoms with Crippen LogP contribution < -0.4 is 16.0 Å². The summed E-state index contributed by atoms with van der Waals surface area (Å²) >= 11 is 0. The summed E-state index contributed by atoms with van der Waals surface area (Å²) in [6, 6.07) is 5.77. The molecule has 0 spiro atoms. The number of guanidine groups is 1. The largest absolute Gasteiger partial charge is 0.355 e. The second-order valence-electron chi connectivity index (χ2n) is 3.57. The van der Waals surface area contributed by atoms with Crippen LogP contribution >= 0.6 is 0 Å². The minimum absolute atomic E-state index is 0.0996. The van der Waals surface area contributed by atoms with E-state index in [9.17, 15) is 9.18 Å². The Kier molecular flexibility index (Phi) is 3.54. The first-order valence-corrected chi connectivity index (χ1v) is 5.31. The summed E-state index contributed by atoms with van der Waals surface area (Å²) in [5.41, 5.74) is 0.443.